The van der Waals surface area contributed by atoms with E-state index in [2.05, 4.69) is 10.4 Å². The summed E-state index contributed by atoms with van der Waals surface area (Å²) in [4.78, 5) is 12.5. The molecule has 2 aromatic carbocycles. The minimum Gasteiger partial charge on any atom is -0.484 e. The van der Waals surface area contributed by atoms with Crippen molar-refractivity contribution in [3.8, 4) is 5.75 Å². The van der Waals surface area contributed by atoms with Crippen LogP contribution in [-0.2, 0) is 13.2 Å². The van der Waals surface area contributed by atoms with Crippen molar-refractivity contribution in [2.75, 3.05) is 5.32 Å². The van der Waals surface area contributed by atoms with Gasteiger partial charge in [0.05, 0.1) is 23.5 Å². The number of para-hydroxylation sites is 1. The topological polar surface area (TPSA) is 69.3 Å². The summed E-state index contributed by atoms with van der Waals surface area (Å²) in [7, 11) is 0. The van der Waals surface area contributed by atoms with E-state index in [-0.39, 0.29) is 12.4 Å². The minimum atomic E-state index is -0.426. The van der Waals surface area contributed by atoms with E-state index < -0.39 is 11.7 Å². The number of anilines is 1. The number of hydrogen-bond acceptors (Lipinski definition) is 4. The number of nitrogens with one attached hydrogen (secondary N) is 1. The van der Waals surface area contributed by atoms with Gasteiger partial charge in [0.2, 0.25) is 0 Å². The summed E-state index contributed by atoms with van der Waals surface area (Å²) < 4.78 is 26.1. The highest BCUT2D eigenvalue weighted by Crippen LogP contribution is 2.29. The molecule has 0 bridgehead atoms. The van der Waals surface area contributed by atoms with Crippen LogP contribution in [-0.4, -0.2) is 15.7 Å². The molecule has 1 amide bonds. The minimum absolute atomic E-state index is 0.133. The van der Waals surface area contributed by atoms with Crippen LogP contribution >= 0.6 is 23.2 Å². The quantitative estimate of drug-likeness (QED) is 0.351. The molecule has 0 aliphatic carbocycles. The molecule has 6 nitrogen and oxygen atoms in total. The smallest absolute Gasteiger partial charge is 0.291 e. The molecule has 0 aliphatic heterocycles. The maximum atomic E-state index is 13.2. The Morgan fingerprint density at radius 2 is 2.03 bits per heavy atom. The van der Waals surface area contributed by atoms with E-state index in [1.165, 1.54) is 18.3 Å². The van der Waals surface area contributed by atoms with Crippen LogP contribution < -0.4 is 10.1 Å². The molecule has 0 saturated carbocycles. The first-order valence-corrected chi connectivity index (χ1v) is 10.4. The standard InChI is InChI=1S/C23H18Cl2FN3O3/c1-14-3-2-4-19(24)22(14)31-13-18-7-8-21(32-18)23(30)28-17-10-27-29(12-17)11-15-5-6-16(26)9-20(15)25/h2-10,12H,11,13H2,1H3,(H,28,30). The Balaban J connectivity index is 1.36. The van der Waals surface area contributed by atoms with Gasteiger partial charge in [-0.15, -0.1) is 0 Å². The van der Waals surface area contributed by atoms with Crippen LogP contribution in [0.15, 0.2) is 65.3 Å². The molecule has 4 rings (SSSR count). The Kier molecular flexibility index (Phi) is 6.48. The number of furan rings is 1. The second-order valence-corrected chi connectivity index (χ2v) is 7.87. The van der Waals surface area contributed by atoms with Gasteiger partial charge in [-0.05, 0) is 48.4 Å². The highest BCUT2D eigenvalue weighted by molar-refractivity contribution is 6.32. The fourth-order valence-corrected chi connectivity index (χ4v) is 3.56. The van der Waals surface area contributed by atoms with Crippen molar-refractivity contribution in [1.29, 1.82) is 0 Å². The molecular weight excluding hydrogens is 456 g/mol. The first-order chi connectivity index (χ1) is 15.4. The van der Waals surface area contributed by atoms with Crippen molar-refractivity contribution >= 4 is 34.8 Å². The van der Waals surface area contributed by atoms with Crippen LogP contribution in [0.4, 0.5) is 10.1 Å². The molecule has 164 valence electrons. The number of aryl methyl sites for hydroxylation is 1. The summed E-state index contributed by atoms with van der Waals surface area (Å²) in [5, 5.41) is 7.73. The van der Waals surface area contributed by atoms with Crippen LogP contribution in [0, 0.1) is 12.7 Å². The molecule has 0 saturated heterocycles. The zero-order valence-electron chi connectivity index (χ0n) is 16.9. The van der Waals surface area contributed by atoms with E-state index in [0.717, 1.165) is 5.56 Å². The van der Waals surface area contributed by atoms with E-state index in [0.29, 0.717) is 39.4 Å². The van der Waals surface area contributed by atoms with E-state index in [4.69, 9.17) is 32.4 Å². The van der Waals surface area contributed by atoms with E-state index in [1.54, 1.807) is 35.1 Å². The van der Waals surface area contributed by atoms with Crippen LogP contribution in [0.2, 0.25) is 10.0 Å². The Morgan fingerprint density at radius 3 is 2.81 bits per heavy atom. The van der Waals surface area contributed by atoms with Crippen molar-refractivity contribution in [1.82, 2.24) is 9.78 Å². The van der Waals surface area contributed by atoms with Crippen molar-refractivity contribution in [3.05, 3.63) is 99.4 Å². The van der Waals surface area contributed by atoms with Gasteiger partial charge in [-0.3, -0.25) is 9.48 Å². The third kappa shape index (κ3) is 5.12. The van der Waals surface area contributed by atoms with Gasteiger partial charge in [-0.2, -0.15) is 5.10 Å². The molecular formula is C23H18Cl2FN3O3. The summed E-state index contributed by atoms with van der Waals surface area (Å²) in [5.74, 6) is 0.358. The lowest BCUT2D eigenvalue weighted by Crippen LogP contribution is -2.10. The summed E-state index contributed by atoms with van der Waals surface area (Å²) in [6.07, 6.45) is 3.15. The molecule has 0 radical (unpaired) electrons. The number of nitrogens with zero attached hydrogens (tertiary/aromatic N) is 2. The third-order valence-electron chi connectivity index (χ3n) is 4.65. The zero-order chi connectivity index (χ0) is 22.7. The van der Waals surface area contributed by atoms with Crippen molar-refractivity contribution in [2.45, 2.75) is 20.1 Å². The van der Waals surface area contributed by atoms with Gasteiger partial charge in [-0.1, -0.05) is 41.4 Å². The molecule has 0 aliphatic rings. The second-order valence-electron chi connectivity index (χ2n) is 7.06. The van der Waals surface area contributed by atoms with Crippen molar-refractivity contribution in [2.24, 2.45) is 0 Å². The van der Waals surface area contributed by atoms with Gasteiger partial charge >= 0.3 is 0 Å². The summed E-state index contributed by atoms with van der Waals surface area (Å²) in [6, 6.07) is 12.9. The number of hydrogen-bond donors (Lipinski definition) is 1. The lowest BCUT2D eigenvalue weighted by molar-refractivity contribution is 0.0992. The van der Waals surface area contributed by atoms with E-state index in [1.807, 2.05) is 19.1 Å². The van der Waals surface area contributed by atoms with Gasteiger partial charge in [0, 0.05) is 11.2 Å². The molecule has 32 heavy (non-hydrogen) atoms. The Bertz CT molecular complexity index is 1250. The number of carbonyl (C=O) groups is 1. The average molecular weight is 474 g/mol. The van der Waals surface area contributed by atoms with Gasteiger partial charge in [0.1, 0.15) is 23.9 Å². The van der Waals surface area contributed by atoms with Crippen LogP contribution in [0.1, 0.15) is 27.4 Å². The maximum absolute atomic E-state index is 13.2. The predicted octanol–water partition coefficient (Wildman–Crippen LogP) is 6.11. The third-order valence-corrected chi connectivity index (χ3v) is 5.30. The zero-order valence-corrected chi connectivity index (χ0v) is 18.5. The number of ether oxygens (including phenoxy) is 1. The molecule has 9 heteroatoms. The molecule has 0 unspecified atom stereocenters. The largest absolute Gasteiger partial charge is 0.484 e. The van der Waals surface area contributed by atoms with Crippen LogP contribution in [0.3, 0.4) is 0 Å². The lowest BCUT2D eigenvalue weighted by atomic mass is 10.2. The number of carbonyl (C=O) groups excluding carboxylic acids is 1. The normalized spacial score (nSPS) is 10.9. The van der Waals surface area contributed by atoms with Gasteiger partial charge in [0.15, 0.2) is 5.76 Å². The predicted molar refractivity (Wildman–Crippen MR) is 120 cm³/mol. The molecule has 0 spiro atoms. The Morgan fingerprint density at radius 1 is 1.19 bits per heavy atom. The fourth-order valence-electron chi connectivity index (χ4n) is 3.05. The molecule has 4 aromatic rings. The van der Waals surface area contributed by atoms with Crippen LogP contribution in [0.25, 0.3) is 0 Å². The number of halogens is 3. The first-order valence-electron chi connectivity index (χ1n) is 9.63. The molecule has 0 fully saturated rings. The number of benzene rings is 2. The summed E-state index contributed by atoms with van der Waals surface area (Å²) in [5.41, 5.74) is 2.09. The van der Waals surface area contributed by atoms with Gasteiger partial charge in [-0.25, -0.2) is 4.39 Å². The fraction of sp³-hybridized carbons (Fsp3) is 0.130. The highest BCUT2D eigenvalue weighted by Gasteiger charge is 2.14. The molecule has 0 atom stereocenters. The summed E-state index contributed by atoms with van der Waals surface area (Å²) >= 11 is 12.2. The molecule has 2 heterocycles. The number of rotatable bonds is 7. The summed E-state index contributed by atoms with van der Waals surface area (Å²) in [6.45, 7) is 2.36. The highest BCUT2D eigenvalue weighted by atomic mass is 35.5. The Labute approximate surface area is 193 Å². The van der Waals surface area contributed by atoms with Crippen molar-refractivity contribution in [3.63, 3.8) is 0 Å². The second kappa shape index (κ2) is 9.46. The average Bonchev–Trinajstić information content (AvgIpc) is 3.39. The van der Waals surface area contributed by atoms with E-state index >= 15 is 0 Å². The molecule has 1 N–H and O–H groups in total. The lowest BCUT2D eigenvalue weighted by Gasteiger charge is -2.09. The number of aromatic nitrogens is 2. The van der Waals surface area contributed by atoms with Gasteiger partial charge in [0.25, 0.3) is 5.91 Å². The SMILES string of the molecule is Cc1cccc(Cl)c1OCc1ccc(C(=O)Nc2cnn(Cc3ccc(F)cc3Cl)c2)o1. The Hall–Kier alpha value is -3.29. The van der Waals surface area contributed by atoms with Gasteiger partial charge < -0.3 is 14.5 Å². The first kappa shape index (κ1) is 21.9. The monoisotopic (exact) mass is 473 g/mol. The van der Waals surface area contributed by atoms with E-state index in [9.17, 15) is 9.18 Å². The number of amides is 1. The maximum Gasteiger partial charge on any atom is 0.291 e. The van der Waals surface area contributed by atoms with Crippen molar-refractivity contribution < 1.29 is 18.3 Å². The van der Waals surface area contributed by atoms with Crippen LogP contribution in [0.5, 0.6) is 5.75 Å². The molecule has 2 aromatic heterocycles.